The van der Waals surface area contributed by atoms with Crippen LogP contribution in [0.1, 0.15) is 82.1 Å². The Balaban J connectivity index is 1.22. The number of carboxylic acids is 1. The molecule has 1 aliphatic heterocycles. The minimum Gasteiger partial charge on any atom is -0.495 e. The summed E-state index contributed by atoms with van der Waals surface area (Å²) in [6.07, 6.45) is 6.85. The van der Waals surface area contributed by atoms with Gasteiger partial charge in [-0.3, -0.25) is 14.4 Å². The monoisotopic (exact) mass is 687 g/mol. The van der Waals surface area contributed by atoms with Gasteiger partial charge in [0.25, 0.3) is 5.91 Å². The largest absolute Gasteiger partial charge is 0.495 e. The molecule has 2 heterocycles. The predicted molar refractivity (Wildman–Crippen MR) is 192 cm³/mol. The number of carboxylic acid groups (broad SMARTS) is 1. The summed E-state index contributed by atoms with van der Waals surface area (Å²) in [5.41, 5.74) is 6.69. The van der Waals surface area contributed by atoms with Crippen LogP contribution in [0.3, 0.4) is 0 Å². The van der Waals surface area contributed by atoms with Crippen molar-refractivity contribution in [3.05, 3.63) is 59.8 Å². The fraction of sp³-hybridized carbons (Fsp3) is 0.486. The van der Waals surface area contributed by atoms with E-state index >= 15 is 0 Å². The molecule has 0 bridgehead atoms. The Morgan fingerprint density at radius 3 is 2.42 bits per heavy atom. The Bertz CT molecular complexity index is 1700. The van der Waals surface area contributed by atoms with E-state index in [0.717, 1.165) is 37.1 Å². The number of rotatable bonds is 13. The maximum absolute atomic E-state index is 13.2. The molecule has 50 heavy (non-hydrogen) atoms. The molecule has 1 saturated carbocycles. The number of aromatic nitrogens is 2. The number of aliphatic carboxylic acids is 1. The molecule has 13 heteroatoms. The van der Waals surface area contributed by atoms with Crippen molar-refractivity contribution in [2.24, 2.45) is 11.1 Å². The number of hydrogen-bond acceptors (Lipinski definition) is 10. The van der Waals surface area contributed by atoms with Gasteiger partial charge in [0.2, 0.25) is 11.9 Å². The van der Waals surface area contributed by atoms with Crippen molar-refractivity contribution in [1.82, 2.24) is 15.3 Å². The number of nitrogens with two attached hydrogens (primary N) is 1. The smallest absolute Gasteiger partial charge is 0.324 e. The average molecular weight is 688 g/mol. The number of amides is 2. The van der Waals surface area contributed by atoms with E-state index in [4.69, 9.17) is 20.2 Å². The summed E-state index contributed by atoms with van der Waals surface area (Å²) in [6.45, 7) is 7.86. The Morgan fingerprint density at radius 2 is 1.80 bits per heavy atom. The summed E-state index contributed by atoms with van der Waals surface area (Å²) >= 11 is 0. The van der Waals surface area contributed by atoms with Gasteiger partial charge < -0.3 is 40.7 Å². The van der Waals surface area contributed by atoms with Gasteiger partial charge in [0.15, 0.2) is 5.82 Å². The number of likely N-dealkylation sites (N-methyl/N-ethyl adjacent to an activating group) is 1. The third kappa shape index (κ3) is 7.47. The molecule has 1 fully saturated rings. The molecule has 2 amide bonds. The zero-order chi connectivity index (χ0) is 36.2. The van der Waals surface area contributed by atoms with Crippen LogP contribution in [-0.4, -0.2) is 71.2 Å². The number of fused-ring (bicyclic) bond motifs is 1. The molecule has 5 rings (SSSR count). The summed E-state index contributed by atoms with van der Waals surface area (Å²) in [4.78, 5) is 51.4. The molecule has 13 nitrogen and oxygen atoms in total. The van der Waals surface area contributed by atoms with E-state index in [1.165, 1.54) is 7.11 Å². The molecule has 0 unspecified atom stereocenters. The zero-order valence-electron chi connectivity index (χ0n) is 29.8. The number of anilines is 4. The van der Waals surface area contributed by atoms with E-state index < -0.39 is 16.9 Å². The molecular formula is C37H49N7O6. The van der Waals surface area contributed by atoms with Crippen LogP contribution in [0.4, 0.5) is 23.1 Å². The Kier molecular flexibility index (Phi) is 10.8. The lowest BCUT2D eigenvalue weighted by atomic mass is 9.72. The van der Waals surface area contributed by atoms with E-state index in [-0.39, 0.29) is 43.5 Å². The van der Waals surface area contributed by atoms with E-state index in [1.807, 2.05) is 19.1 Å². The fourth-order valence-corrected chi connectivity index (χ4v) is 6.62. The van der Waals surface area contributed by atoms with E-state index in [9.17, 15) is 19.5 Å². The van der Waals surface area contributed by atoms with Gasteiger partial charge in [0.1, 0.15) is 28.8 Å². The number of benzene rings is 2. The summed E-state index contributed by atoms with van der Waals surface area (Å²) in [7, 11) is 3.31. The highest BCUT2D eigenvalue weighted by atomic mass is 16.5. The van der Waals surface area contributed by atoms with Crippen molar-refractivity contribution < 1.29 is 29.0 Å². The first-order chi connectivity index (χ1) is 23.8. The van der Waals surface area contributed by atoms with Crippen molar-refractivity contribution in [2.75, 3.05) is 35.9 Å². The summed E-state index contributed by atoms with van der Waals surface area (Å²) < 4.78 is 11.4. The molecule has 5 N–H and O–H groups in total. The lowest BCUT2D eigenvalue weighted by Crippen LogP contribution is -2.58. The molecule has 0 radical (unpaired) electrons. The van der Waals surface area contributed by atoms with Crippen LogP contribution in [0.15, 0.2) is 48.7 Å². The van der Waals surface area contributed by atoms with Crippen molar-refractivity contribution in [1.29, 1.82) is 0 Å². The van der Waals surface area contributed by atoms with Crippen LogP contribution in [0.25, 0.3) is 0 Å². The van der Waals surface area contributed by atoms with Gasteiger partial charge in [0.05, 0.1) is 25.6 Å². The normalized spacial score (nSPS) is 17.6. The third-order valence-electron chi connectivity index (χ3n) is 9.98. The molecule has 0 spiro atoms. The molecule has 1 aromatic heterocycles. The van der Waals surface area contributed by atoms with Gasteiger partial charge in [-0.15, -0.1) is 0 Å². The fourth-order valence-electron chi connectivity index (χ4n) is 6.62. The maximum Gasteiger partial charge on any atom is 0.324 e. The summed E-state index contributed by atoms with van der Waals surface area (Å²) in [5, 5.41) is 15.8. The molecular weight excluding hydrogens is 638 g/mol. The molecule has 2 atom stereocenters. The van der Waals surface area contributed by atoms with Crippen LogP contribution in [-0.2, 0) is 16.1 Å². The van der Waals surface area contributed by atoms with Gasteiger partial charge in [0, 0.05) is 31.6 Å². The summed E-state index contributed by atoms with van der Waals surface area (Å²) in [6, 6.07) is 12.3. The second-order valence-electron chi connectivity index (χ2n) is 14.1. The van der Waals surface area contributed by atoms with Gasteiger partial charge in [-0.2, -0.15) is 4.98 Å². The van der Waals surface area contributed by atoms with Crippen LogP contribution in [0, 0.1) is 5.41 Å². The van der Waals surface area contributed by atoms with Crippen LogP contribution in [0.2, 0.25) is 0 Å². The number of ether oxygens (including phenoxy) is 2. The lowest BCUT2D eigenvalue weighted by molar-refractivity contribution is -0.148. The van der Waals surface area contributed by atoms with Crippen LogP contribution < -0.4 is 35.6 Å². The summed E-state index contributed by atoms with van der Waals surface area (Å²) in [5.74, 6) is 0.857. The number of nitrogens with one attached hydrogen (secondary N) is 2. The highest BCUT2D eigenvalue weighted by Gasteiger charge is 2.45. The van der Waals surface area contributed by atoms with E-state index in [2.05, 4.69) is 20.5 Å². The van der Waals surface area contributed by atoms with Gasteiger partial charge >= 0.3 is 5.97 Å². The lowest BCUT2D eigenvalue weighted by Gasteiger charge is -2.43. The first-order valence-corrected chi connectivity index (χ1v) is 17.2. The van der Waals surface area contributed by atoms with Crippen molar-refractivity contribution in [3.8, 4) is 11.5 Å². The first kappa shape index (κ1) is 36.4. The third-order valence-corrected chi connectivity index (χ3v) is 9.98. The first-order valence-electron chi connectivity index (χ1n) is 17.2. The van der Waals surface area contributed by atoms with Gasteiger partial charge in [-0.25, -0.2) is 4.98 Å². The Morgan fingerprint density at radius 1 is 1.10 bits per heavy atom. The minimum absolute atomic E-state index is 0.0579. The Hall–Kier alpha value is -4.91. The standard InChI is InChI=1S/C37H49N7O6/c1-7-28-33(46)43(5)29-22-40-35(42-31(29)44(28)25-10-8-9-11-25)41-27-17-14-24(20-30(27)49-6)32(45)39-21-23-12-15-26(16-13-23)50-19-18-37(38,34(47)48)36(2,3)4/h12-17,20,22,25,28H,7-11,18-19,21,38H2,1-6H3,(H,39,45)(H,47,48)(H,40,41,42)/t28-,37+/m1/s1. The zero-order valence-corrected chi connectivity index (χ0v) is 29.8. The quantitative estimate of drug-likeness (QED) is 0.185. The maximum atomic E-state index is 13.2. The molecule has 268 valence electrons. The Labute approximate surface area is 293 Å². The number of carbonyl (C=O) groups is 3. The molecule has 2 aromatic carbocycles. The minimum atomic E-state index is -1.42. The van der Waals surface area contributed by atoms with Crippen LogP contribution in [0.5, 0.6) is 11.5 Å². The highest BCUT2D eigenvalue weighted by molar-refractivity contribution is 6.04. The number of hydrogen-bond donors (Lipinski definition) is 4. The van der Waals surface area contributed by atoms with E-state index in [1.54, 1.807) is 69.2 Å². The van der Waals surface area contributed by atoms with Gasteiger partial charge in [-0.1, -0.05) is 52.7 Å². The van der Waals surface area contributed by atoms with E-state index in [0.29, 0.717) is 40.8 Å². The number of carbonyl (C=O) groups excluding carboxylic acids is 2. The number of nitrogens with zero attached hydrogens (tertiary/aromatic N) is 4. The average Bonchev–Trinajstić information content (AvgIpc) is 3.63. The molecule has 3 aromatic rings. The molecule has 1 aliphatic carbocycles. The topological polar surface area (TPSA) is 172 Å². The van der Waals surface area contributed by atoms with Crippen LogP contribution >= 0.6 is 0 Å². The van der Waals surface area contributed by atoms with Gasteiger partial charge in [-0.05, 0) is 60.6 Å². The SMILES string of the molecule is CC[C@@H]1C(=O)N(C)c2cnc(Nc3ccc(C(=O)NCc4ccc(OCC[C@](N)(C(=O)O)C(C)(C)C)cc4)cc3OC)nc2N1C1CCCC1. The highest BCUT2D eigenvalue weighted by Crippen LogP contribution is 2.40. The van der Waals surface area contributed by atoms with Crippen molar-refractivity contribution in [2.45, 2.75) is 90.4 Å². The van der Waals surface area contributed by atoms with Crippen molar-refractivity contribution >= 4 is 40.9 Å². The number of methoxy groups -OCH3 is 1. The predicted octanol–water partition coefficient (Wildman–Crippen LogP) is 5.26. The van der Waals surface area contributed by atoms with Crippen molar-refractivity contribution in [3.63, 3.8) is 0 Å². The molecule has 0 saturated heterocycles. The second-order valence-corrected chi connectivity index (χ2v) is 14.1. The second kappa shape index (κ2) is 14.9. The molecule has 2 aliphatic rings.